The molecule has 59 heavy (non-hydrogen) atoms. The number of para-hydroxylation sites is 1. The molecule has 0 aromatic heterocycles. The van der Waals surface area contributed by atoms with Crippen LogP contribution in [0.25, 0.3) is 0 Å². The molecule has 10 heteroatoms. The lowest BCUT2D eigenvalue weighted by Gasteiger charge is -2.54. The summed E-state index contributed by atoms with van der Waals surface area (Å²) in [5.41, 5.74) is 6.02. The van der Waals surface area contributed by atoms with Gasteiger partial charge in [-0.2, -0.15) is 0 Å². The lowest BCUT2D eigenvalue weighted by molar-refractivity contribution is -0.136. The van der Waals surface area contributed by atoms with Crippen molar-refractivity contribution < 1.29 is 29.0 Å². The zero-order valence-electron chi connectivity index (χ0n) is 34.0. The molecule has 6 heterocycles. The molecular weight excluding hydrogens is 741 g/mol. The highest BCUT2D eigenvalue weighted by Crippen LogP contribution is 2.54. The van der Waals surface area contributed by atoms with E-state index in [1.54, 1.807) is 17.0 Å². The van der Waals surface area contributed by atoms with Gasteiger partial charge >= 0.3 is 0 Å². The molecule has 4 aromatic rings. The minimum absolute atomic E-state index is 0.0110. The summed E-state index contributed by atoms with van der Waals surface area (Å²) in [5.74, 6) is 2.02. The van der Waals surface area contributed by atoms with E-state index in [1.807, 2.05) is 48.5 Å². The maximum absolute atomic E-state index is 13.3. The first-order valence-electron chi connectivity index (χ1n) is 21.7. The minimum atomic E-state index is -0.586. The van der Waals surface area contributed by atoms with E-state index in [2.05, 4.69) is 51.5 Å². The topological polar surface area (TPSA) is 112 Å². The summed E-state index contributed by atoms with van der Waals surface area (Å²) in [4.78, 5) is 44.2. The van der Waals surface area contributed by atoms with Gasteiger partial charge in [0.1, 0.15) is 23.3 Å². The number of ether oxygens (including phenoxy) is 2. The molecule has 10 nitrogen and oxygen atoms in total. The van der Waals surface area contributed by atoms with E-state index in [-0.39, 0.29) is 35.3 Å². The standard InChI is InChI=1S/C34H40N4O4.C9H10O2.C6H6/c39-30-7-6-28(31(40)35-30)38-21-24-16-27-29(17-26(24)32(38)41)42-22-34(27)10-12-36(13-11-34)20-23-18-33(19-23)8-14-37(15-9-33)25-4-2-1-3-5-25;10-8-4-3-7-2-1-5-11-9(7)6-8;1-2-4-6-5-3-1/h1-5,16-17,23,28H,6-15,18-22H2,(H,35,39,40);3-4,6,10H,1-2,5H2;1-6H. The minimum Gasteiger partial charge on any atom is -0.508 e. The Kier molecular flexibility index (Phi) is 11.1. The fraction of sp³-hybridized carbons (Fsp3) is 0.449. The number of aromatic hydroxyl groups is 1. The van der Waals surface area contributed by atoms with Gasteiger partial charge in [-0.15, -0.1) is 0 Å². The van der Waals surface area contributed by atoms with E-state index in [0.29, 0.717) is 30.6 Å². The number of nitrogens with zero attached hydrogens (tertiary/aromatic N) is 3. The van der Waals surface area contributed by atoms with Gasteiger partial charge < -0.3 is 29.3 Å². The molecule has 1 saturated carbocycles. The number of anilines is 1. The Hall–Kier alpha value is -5.35. The van der Waals surface area contributed by atoms with Crippen LogP contribution in [0.3, 0.4) is 0 Å². The quantitative estimate of drug-likeness (QED) is 0.208. The van der Waals surface area contributed by atoms with E-state index in [1.165, 1.54) is 62.1 Å². The van der Waals surface area contributed by atoms with E-state index in [0.717, 1.165) is 68.4 Å². The van der Waals surface area contributed by atoms with Gasteiger partial charge in [-0.3, -0.25) is 19.7 Å². The van der Waals surface area contributed by atoms with Crippen LogP contribution in [0.5, 0.6) is 17.2 Å². The molecule has 308 valence electrons. The predicted molar refractivity (Wildman–Crippen MR) is 227 cm³/mol. The SMILES string of the molecule is O=C1CCC(N2Cc3cc4c(cc3C2=O)OCC42CCN(CC3CC4(CCN(c5ccccc5)CC4)C3)CC2)C(=O)N1.Oc1ccc2c(c1)OCCC2.c1ccccc1. The Bertz CT molecular complexity index is 2110. The molecule has 11 rings (SSSR count). The van der Waals surface area contributed by atoms with Gasteiger partial charge in [0.15, 0.2) is 0 Å². The van der Waals surface area contributed by atoms with Crippen LogP contribution < -0.4 is 19.7 Å². The first-order chi connectivity index (χ1) is 28.8. The summed E-state index contributed by atoms with van der Waals surface area (Å²) in [6, 6.07) is 31.7. The van der Waals surface area contributed by atoms with Gasteiger partial charge in [0.05, 0.1) is 13.2 Å². The Labute approximate surface area is 347 Å². The van der Waals surface area contributed by atoms with Crippen molar-refractivity contribution in [3.8, 4) is 17.2 Å². The summed E-state index contributed by atoms with van der Waals surface area (Å²) in [7, 11) is 0. The first-order valence-corrected chi connectivity index (χ1v) is 21.7. The zero-order valence-corrected chi connectivity index (χ0v) is 34.0. The number of likely N-dealkylation sites (tertiary alicyclic amines) is 1. The van der Waals surface area contributed by atoms with Crippen LogP contribution in [-0.2, 0) is 28.0 Å². The van der Waals surface area contributed by atoms with Crippen molar-refractivity contribution in [3.63, 3.8) is 0 Å². The maximum atomic E-state index is 13.3. The Morgan fingerprint density at radius 3 is 2.17 bits per heavy atom. The van der Waals surface area contributed by atoms with Gasteiger partial charge in [0, 0.05) is 60.9 Å². The molecule has 4 aromatic carbocycles. The van der Waals surface area contributed by atoms with E-state index in [9.17, 15) is 14.4 Å². The third-order valence-electron chi connectivity index (χ3n) is 14.0. The number of rotatable bonds is 4. The number of benzene rings is 4. The molecule has 1 unspecified atom stereocenters. The number of carbonyl (C=O) groups excluding carboxylic acids is 3. The summed E-state index contributed by atoms with van der Waals surface area (Å²) < 4.78 is 11.6. The van der Waals surface area contributed by atoms with E-state index < -0.39 is 6.04 Å². The van der Waals surface area contributed by atoms with E-state index in [4.69, 9.17) is 14.6 Å². The van der Waals surface area contributed by atoms with Crippen molar-refractivity contribution in [2.45, 2.75) is 82.2 Å². The van der Waals surface area contributed by atoms with Crippen LogP contribution in [0.2, 0.25) is 0 Å². The molecule has 4 fully saturated rings. The number of phenolic OH excluding ortho intramolecular Hbond substituents is 1. The highest BCUT2D eigenvalue weighted by atomic mass is 16.5. The van der Waals surface area contributed by atoms with Crippen LogP contribution >= 0.6 is 0 Å². The lowest BCUT2D eigenvalue weighted by atomic mass is 9.57. The fourth-order valence-corrected chi connectivity index (χ4v) is 10.7. The number of fused-ring (bicyclic) bond motifs is 4. The van der Waals surface area contributed by atoms with Gasteiger partial charge in [-0.1, -0.05) is 60.7 Å². The predicted octanol–water partition coefficient (Wildman–Crippen LogP) is 7.27. The number of piperidine rings is 3. The van der Waals surface area contributed by atoms with Crippen LogP contribution in [0.15, 0.2) is 97.1 Å². The fourth-order valence-electron chi connectivity index (χ4n) is 10.7. The second kappa shape index (κ2) is 16.7. The number of nitrogens with one attached hydrogen (secondary N) is 1. The third-order valence-corrected chi connectivity index (χ3v) is 14.0. The number of phenols is 1. The van der Waals surface area contributed by atoms with Crippen molar-refractivity contribution in [1.29, 1.82) is 0 Å². The van der Waals surface area contributed by atoms with Gasteiger partial charge in [-0.25, -0.2) is 0 Å². The second-order valence-corrected chi connectivity index (χ2v) is 17.8. The number of hydrogen-bond acceptors (Lipinski definition) is 8. The van der Waals surface area contributed by atoms with Crippen LogP contribution in [0, 0.1) is 11.3 Å². The average molecular weight is 797 g/mol. The number of amides is 3. The molecule has 6 aliphatic heterocycles. The molecule has 3 saturated heterocycles. The number of carbonyl (C=O) groups is 3. The normalized spacial score (nSPS) is 22.6. The number of imide groups is 1. The summed E-state index contributed by atoms with van der Waals surface area (Å²) in [6.45, 7) is 7.64. The number of hydrogen-bond donors (Lipinski definition) is 2. The Morgan fingerprint density at radius 2 is 1.46 bits per heavy atom. The highest BCUT2D eigenvalue weighted by molar-refractivity contribution is 6.05. The molecule has 3 amide bonds. The van der Waals surface area contributed by atoms with Crippen molar-refractivity contribution in [1.82, 2.24) is 15.1 Å². The summed E-state index contributed by atoms with van der Waals surface area (Å²) in [6.07, 6.45) is 10.4. The van der Waals surface area contributed by atoms with Gasteiger partial charge in [0.2, 0.25) is 11.8 Å². The molecule has 0 bridgehead atoms. The molecule has 1 atom stereocenters. The van der Waals surface area contributed by atoms with E-state index >= 15 is 0 Å². The summed E-state index contributed by atoms with van der Waals surface area (Å²) in [5, 5.41) is 11.5. The van der Waals surface area contributed by atoms with Crippen LogP contribution in [0.1, 0.15) is 84.8 Å². The number of aryl methyl sites for hydroxylation is 1. The van der Waals surface area contributed by atoms with Crippen molar-refractivity contribution in [2.24, 2.45) is 11.3 Å². The largest absolute Gasteiger partial charge is 0.508 e. The zero-order chi connectivity index (χ0) is 40.4. The average Bonchev–Trinajstić information content (AvgIpc) is 3.77. The van der Waals surface area contributed by atoms with Crippen molar-refractivity contribution >= 4 is 23.4 Å². The van der Waals surface area contributed by atoms with Gasteiger partial charge in [-0.05, 0) is 124 Å². The monoisotopic (exact) mass is 796 g/mol. The summed E-state index contributed by atoms with van der Waals surface area (Å²) >= 11 is 0. The lowest BCUT2D eigenvalue weighted by Crippen LogP contribution is -2.52. The molecule has 0 radical (unpaired) electrons. The third kappa shape index (κ3) is 8.29. The second-order valence-electron chi connectivity index (χ2n) is 17.8. The highest BCUT2D eigenvalue weighted by Gasteiger charge is 2.49. The smallest absolute Gasteiger partial charge is 0.255 e. The molecule has 1 aliphatic carbocycles. The van der Waals surface area contributed by atoms with Crippen LogP contribution in [-0.4, -0.2) is 84.6 Å². The maximum Gasteiger partial charge on any atom is 0.255 e. The van der Waals surface area contributed by atoms with Crippen LogP contribution in [0.4, 0.5) is 5.69 Å². The van der Waals surface area contributed by atoms with Gasteiger partial charge in [0.25, 0.3) is 5.91 Å². The molecule has 2 N–H and O–H groups in total. The Balaban J connectivity index is 0.000000217. The van der Waals surface area contributed by atoms with Crippen molar-refractivity contribution in [3.05, 3.63) is 119 Å². The first kappa shape index (κ1) is 39.1. The molecule has 2 spiro atoms. The Morgan fingerprint density at radius 1 is 0.746 bits per heavy atom. The van der Waals surface area contributed by atoms with Crippen molar-refractivity contribution in [2.75, 3.05) is 50.8 Å². The molecular formula is C49H56N4O6. The molecule has 7 aliphatic rings.